The molecule has 0 saturated carbocycles. The van der Waals surface area contributed by atoms with E-state index in [2.05, 4.69) is 6.07 Å². The first-order chi connectivity index (χ1) is 15.1. The average molecular weight is 461 g/mol. The second kappa shape index (κ2) is 8.44. The Morgan fingerprint density at radius 1 is 1.38 bits per heavy atom. The van der Waals surface area contributed by atoms with Crippen molar-refractivity contribution in [2.24, 2.45) is 10.9 Å². The fraction of sp³-hybridized carbons (Fsp3) is 0.571. The number of benzene rings is 1. The third kappa shape index (κ3) is 3.99. The van der Waals surface area contributed by atoms with Crippen molar-refractivity contribution >= 4 is 21.8 Å². The number of hydrogen-bond acceptors (Lipinski definition) is 7. The molecule has 3 saturated heterocycles. The molecule has 4 rings (SSSR count). The fourth-order valence-corrected chi connectivity index (χ4v) is 5.79. The van der Waals surface area contributed by atoms with E-state index in [1.54, 1.807) is 21.9 Å². The van der Waals surface area contributed by atoms with Gasteiger partial charge in [-0.15, -0.1) is 0 Å². The molecule has 2 amide bonds. The van der Waals surface area contributed by atoms with Crippen LogP contribution in [0.5, 0.6) is 0 Å². The van der Waals surface area contributed by atoms with Gasteiger partial charge in [0.05, 0.1) is 29.1 Å². The van der Waals surface area contributed by atoms with Crippen molar-refractivity contribution in [3.05, 3.63) is 29.8 Å². The Morgan fingerprint density at radius 2 is 2.12 bits per heavy atom. The molecule has 5 atom stereocenters. The van der Waals surface area contributed by atoms with Crippen molar-refractivity contribution in [1.29, 1.82) is 5.26 Å². The Bertz CT molecular complexity index is 1070. The first-order valence-electron chi connectivity index (χ1n) is 10.8. The Morgan fingerprint density at radius 3 is 2.78 bits per heavy atom. The molecule has 11 heteroatoms. The molecule has 0 radical (unpaired) electrons. The summed E-state index contributed by atoms with van der Waals surface area (Å²) in [6, 6.07) is 6.59. The van der Waals surface area contributed by atoms with Crippen LogP contribution in [0.1, 0.15) is 37.8 Å². The molecule has 3 aliphatic heterocycles. The lowest BCUT2D eigenvalue weighted by atomic mass is 10.1. The van der Waals surface area contributed by atoms with Crippen LogP contribution in [0.4, 0.5) is 0 Å². The highest BCUT2D eigenvalue weighted by molar-refractivity contribution is 7.89. The Labute approximate surface area is 187 Å². The van der Waals surface area contributed by atoms with E-state index in [0.29, 0.717) is 31.5 Å². The predicted octanol–water partition coefficient (Wildman–Crippen LogP) is -0.478. The molecule has 0 aliphatic carbocycles. The highest BCUT2D eigenvalue weighted by Gasteiger charge is 2.51. The van der Waals surface area contributed by atoms with Crippen LogP contribution >= 0.6 is 0 Å². The Kier molecular flexibility index (Phi) is 5.98. The molecular weight excluding hydrogens is 432 g/mol. The van der Waals surface area contributed by atoms with Crippen molar-refractivity contribution in [2.45, 2.75) is 61.3 Å². The second-order valence-electron chi connectivity index (χ2n) is 8.82. The van der Waals surface area contributed by atoms with Gasteiger partial charge in [-0.25, -0.2) is 13.6 Å². The summed E-state index contributed by atoms with van der Waals surface area (Å²) >= 11 is 0. The molecule has 3 fully saturated rings. The molecule has 0 spiro atoms. The standard InChI is InChI=1S/C21H28N6O4S/c1-13(14-4-2-6-17(8-14)32(24,30)31)27-16-9-19(21(27)29)25(11-16)12-18(23)20(28)26-7-3-5-15(26)10-22/h2,4,6,8,13,15-16,18-19H,3,5,7,9,11-12,23H2,1H3,(H2,24,30,31)/t13-,15-,16?,18-,19-/m0/s1. The van der Waals surface area contributed by atoms with Gasteiger partial charge in [0.25, 0.3) is 0 Å². The number of piperazine rings is 1. The highest BCUT2D eigenvalue weighted by atomic mass is 32.2. The van der Waals surface area contributed by atoms with Crippen molar-refractivity contribution < 1.29 is 18.0 Å². The van der Waals surface area contributed by atoms with Gasteiger partial charge in [-0.3, -0.25) is 14.5 Å². The molecule has 1 aromatic rings. The van der Waals surface area contributed by atoms with E-state index in [1.807, 2.05) is 11.8 Å². The van der Waals surface area contributed by atoms with E-state index in [-0.39, 0.29) is 41.4 Å². The van der Waals surface area contributed by atoms with Gasteiger partial charge < -0.3 is 15.5 Å². The quantitative estimate of drug-likeness (QED) is 0.581. The number of likely N-dealkylation sites (tertiary alicyclic amines) is 3. The number of carbonyl (C=O) groups excluding carboxylic acids is 2. The van der Waals surface area contributed by atoms with E-state index in [0.717, 1.165) is 6.42 Å². The van der Waals surface area contributed by atoms with Crippen LogP contribution in [0.15, 0.2) is 29.2 Å². The Balaban J connectivity index is 1.42. The lowest BCUT2D eigenvalue weighted by Gasteiger charge is -2.38. The fourth-order valence-electron chi connectivity index (χ4n) is 5.22. The molecule has 1 aromatic carbocycles. The summed E-state index contributed by atoms with van der Waals surface area (Å²) in [6.45, 7) is 3.27. The molecule has 4 N–H and O–H groups in total. The maximum absolute atomic E-state index is 13.1. The maximum atomic E-state index is 13.1. The number of carbonyl (C=O) groups is 2. The monoisotopic (exact) mass is 460 g/mol. The number of rotatable bonds is 6. The number of amides is 2. The van der Waals surface area contributed by atoms with Gasteiger partial charge in [-0.05, 0) is 43.9 Å². The summed E-state index contributed by atoms with van der Waals surface area (Å²) in [5, 5.41) is 14.5. The molecule has 1 unspecified atom stereocenters. The van der Waals surface area contributed by atoms with Crippen molar-refractivity contribution in [3.63, 3.8) is 0 Å². The molecule has 32 heavy (non-hydrogen) atoms. The van der Waals surface area contributed by atoms with Gasteiger partial charge in [-0.2, -0.15) is 5.26 Å². The van der Waals surface area contributed by atoms with Crippen LogP contribution < -0.4 is 10.9 Å². The molecule has 0 aromatic heterocycles. The normalized spacial score (nSPS) is 27.6. The van der Waals surface area contributed by atoms with Gasteiger partial charge in [0.1, 0.15) is 6.04 Å². The zero-order valence-electron chi connectivity index (χ0n) is 17.9. The highest BCUT2D eigenvalue weighted by Crippen LogP contribution is 2.38. The SMILES string of the molecule is C[C@@H](c1cccc(S(N)(=O)=O)c1)N1C(=O)[C@@H]2CC1CN2C[C@H](N)C(=O)N1CCC[C@H]1C#N. The van der Waals surface area contributed by atoms with Gasteiger partial charge in [0.15, 0.2) is 0 Å². The van der Waals surface area contributed by atoms with E-state index < -0.39 is 22.1 Å². The maximum Gasteiger partial charge on any atom is 0.241 e. The third-order valence-electron chi connectivity index (χ3n) is 6.83. The van der Waals surface area contributed by atoms with Crippen LogP contribution in [-0.4, -0.2) is 78.7 Å². The summed E-state index contributed by atoms with van der Waals surface area (Å²) in [7, 11) is -3.83. The lowest BCUT2D eigenvalue weighted by Crippen LogP contribution is -2.56. The van der Waals surface area contributed by atoms with Crippen LogP contribution in [0.3, 0.4) is 0 Å². The second-order valence-corrected chi connectivity index (χ2v) is 10.4. The first kappa shape index (κ1) is 22.7. The van der Waals surface area contributed by atoms with E-state index in [9.17, 15) is 23.3 Å². The van der Waals surface area contributed by atoms with Crippen molar-refractivity contribution in [1.82, 2.24) is 14.7 Å². The Hall–Kier alpha value is -2.52. The number of fused-ring (bicyclic) bond motifs is 2. The number of nitrogens with zero attached hydrogens (tertiary/aromatic N) is 4. The zero-order valence-corrected chi connectivity index (χ0v) is 18.7. The summed E-state index contributed by atoms with van der Waals surface area (Å²) < 4.78 is 23.4. The minimum Gasteiger partial charge on any atom is -0.330 e. The van der Waals surface area contributed by atoms with E-state index in [4.69, 9.17) is 10.9 Å². The van der Waals surface area contributed by atoms with Crippen LogP contribution in [0, 0.1) is 11.3 Å². The minimum absolute atomic E-state index is 0.0161. The van der Waals surface area contributed by atoms with Crippen molar-refractivity contribution in [3.8, 4) is 6.07 Å². The summed E-state index contributed by atoms with van der Waals surface area (Å²) in [4.78, 5) is 31.2. The molecule has 2 bridgehead atoms. The number of nitrogens with two attached hydrogens (primary N) is 2. The number of hydrogen-bond donors (Lipinski definition) is 2. The molecule has 3 heterocycles. The average Bonchev–Trinajstić information content (AvgIpc) is 3.46. The minimum atomic E-state index is -3.83. The summed E-state index contributed by atoms with van der Waals surface area (Å²) in [6.07, 6.45) is 2.11. The molecule has 10 nitrogen and oxygen atoms in total. The van der Waals surface area contributed by atoms with Crippen LogP contribution in [-0.2, 0) is 19.6 Å². The molecule has 3 aliphatic rings. The van der Waals surface area contributed by atoms with Gasteiger partial charge in [0.2, 0.25) is 21.8 Å². The first-order valence-corrected chi connectivity index (χ1v) is 12.3. The summed E-state index contributed by atoms with van der Waals surface area (Å²) in [5.41, 5.74) is 6.88. The van der Waals surface area contributed by atoms with Gasteiger partial charge in [0, 0.05) is 25.7 Å². The predicted molar refractivity (Wildman–Crippen MR) is 115 cm³/mol. The topological polar surface area (TPSA) is 154 Å². The zero-order chi connectivity index (χ0) is 23.2. The molecule has 172 valence electrons. The van der Waals surface area contributed by atoms with E-state index in [1.165, 1.54) is 12.1 Å². The van der Waals surface area contributed by atoms with Crippen molar-refractivity contribution in [2.75, 3.05) is 19.6 Å². The van der Waals surface area contributed by atoms with Gasteiger partial charge in [-0.1, -0.05) is 12.1 Å². The number of primary sulfonamides is 1. The molecular formula is C21H28N6O4S. The van der Waals surface area contributed by atoms with Gasteiger partial charge >= 0.3 is 0 Å². The summed E-state index contributed by atoms with van der Waals surface area (Å²) in [5.74, 6) is -0.292. The smallest absolute Gasteiger partial charge is 0.241 e. The van der Waals surface area contributed by atoms with Crippen LogP contribution in [0.2, 0.25) is 0 Å². The van der Waals surface area contributed by atoms with Crippen LogP contribution in [0.25, 0.3) is 0 Å². The third-order valence-corrected chi connectivity index (χ3v) is 7.74. The number of sulfonamides is 1. The largest absolute Gasteiger partial charge is 0.330 e. The number of nitriles is 1. The van der Waals surface area contributed by atoms with E-state index >= 15 is 0 Å². The lowest BCUT2D eigenvalue weighted by molar-refractivity contribution is -0.141.